The molecular weight excluding hydrogens is 269 g/mol. The molecule has 6 heteroatoms. The van der Waals surface area contributed by atoms with Crippen LogP contribution in [0, 0.1) is 0 Å². The van der Waals surface area contributed by atoms with Gasteiger partial charge in [-0.2, -0.15) is 13.2 Å². The van der Waals surface area contributed by atoms with Crippen molar-refractivity contribution in [3.05, 3.63) is 35.4 Å². The third-order valence-electron chi connectivity index (χ3n) is 4.24. The quantitative estimate of drug-likeness (QED) is 0.897. The SMILES string of the molecule is OC(c1cccc(C(F)(F)F)c1)C1CN2CCN1CC2. The molecule has 0 aliphatic carbocycles. The largest absolute Gasteiger partial charge is 0.416 e. The van der Waals surface area contributed by atoms with E-state index in [0.717, 1.165) is 44.9 Å². The summed E-state index contributed by atoms with van der Waals surface area (Å²) in [4.78, 5) is 4.42. The predicted octanol–water partition coefficient (Wildman–Crippen LogP) is 1.74. The van der Waals surface area contributed by atoms with Crippen LogP contribution in [0.5, 0.6) is 0 Å². The highest BCUT2D eigenvalue weighted by molar-refractivity contribution is 5.28. The minimum atomic E-state index is -4.37. The van der Waals surface area contributed by atoms with Crippen LogP contribution in [0.3, 0.4) is 0 Å². The summed E-state index contributed by atoms with van der Waals surface area (Å²) in [5, 5.41) is 10.4. The Bertz CT molecular complexity index is 484. The number of piperazine rings is 3. The van der Waals surface area contributed by atoms with Crippen LogP contribution in [0.1, 0.15) is 17.2 Å². The highest BCUT2D eigenvalue weighted by Gasteiger charge is 2.37. The Morgan fingerprint density at radius 1 is 1.15 bits per heavy atom. The van der Waals surface area contributed by atoms with Gasteiger partial charge < -0.3 is 5.11 Å². The van der Waals surface area contributed by atoms with Gasteiger partial charge in [-0.05, 0) is 17.7 Å². The zero-order valence-corrected chi connectivity index (χ0v) is 11.0. The maximum atomic E-state index is 12.7. The lowest BCUT2D eigenvalue weighted by Gasteiger charge is -2.49. The number of fused-ring (bicyclic) bond motifs is 3. The molecule has 0 radical (unpaired) electrons. The number of hydrogen-bond donors (Lipinski definition) is 1. The van der Waals surface area contributed by atoms with Gasteiger partial charge in [0.2, 0.25) is 0 Å². The fourth-order valence-electron chi connectivity index (χ4n) is 3.08. The van der Waals surface area contributed by atoms with Crippen LogP contribution in [0.2, 0.25) is 0 Å². The van der Waals surface area contributed by atoms with Gasteiger partial charge in [0.15, 0.2) is 0 Å². The van der Waals surface area contributed by atoms with E-state index in [9.17, 15) is 18.3 Å². The van der Waals surface area contributed by atoms with E-state index in [1.807, 2.05) is 0 Å². The molecule has 2 bridgehead atoms. The highest BCUT2D eigenvalue weighted by Crippen LogP contribution is 2.33. The van der Waals surface area contributed by atoms with Crippen LogP contribution in [-0.4, -0.2) is 53.7 Å². The normalized spacial score (nSPS) is 31.3. The van der Waals surface area contributed by atoms with E-state index >= 15 is 0 Å². The van der Waals surface area contributed by atoms with Gasteiger partial charge >= 0.3 is 6.18 Å². The molecule has 0 spiro atoms. The summed E-state index contributed by atoms with van der Waals surface area (Å²) in [6.45, 7) is 4.43. The van der Waals surface area contributed by atoms with Crippen molar-refractivity contribution in [2.24, 2.45) is 0 Å². The van der Waals surface area contributed by atoms with Gasteiger partial charge in [0.25, 0.3) is 0 Å². The number of alkyl halides is 3. The first kappa shape index (κ1) is 13.9. The number of nitrogens with zero attached hydrogens (tertiary/aromatic N) is 2. The third kappa shape index (κ3) is 2.55. The fraction of sp³-hybridized carbons (Fsp3) is 0.571. The first-order valence-electron chi connectivity index (χ1n) is 6.77. The summed E-state index contributed by atoms with van der Waals surface area (Å²) in [6.07, 6.45) is -5.24. The van der Waals surface area contributed by atoms with Gasteiger partial charge in [0.05, 0.1) is 17.7 Å². The summed E-state index contributed by atoms with van der Waals surface area (Å²) in [5.41, 5.74) is -0.357. The maximum absolute atomic E-state index is 12.7. The molecule has 1 N–H and O–H groups in total. The van der Waals surface area contributed by atoms with Gasteiger partial charge in [-0.25, -0.2) is 0 Å². The van der Waals surface area contributed by atoms with Gasteiger partial charge in [-0.1, -0.05) is 12.1 Å². The van der Waals surface area contributed by atoms with Crippen molar-refractivity contribution in [1.82, 2.24) is 9.80 Å². The monoisotopic (exact) mass is 286 g/mol. The Kier molecular flexibility index (Phi) is 3.48. The molecule has 0 saturated carbocycles. The molecule has 2 atom stereocenters. The first-order chi connectivity index (χ1) is 9.45. The molecule has 110 valence electrons. The van der Waals surface area contributed by atoms with E-state index in [-0.39, 0.29) is 6.04 Å². The van der Waals surface area contributed by atoms with Crippen LogP contribution in [0.4, 0.5) is 13.2 Å². The van der Waals surface area contributed by atoms with Gasteiger partial charge in [-0.3, -0.25) is 9.80 Å². The number of aliphatic hydroxyl groups is 1. The number of aliphatic hydroxyl groups excluding tert-OH is 1. The summed E-state index contributed by atoms with van der Waals surface area (Å²) in [7, 11) is 0. The standard InChI is InChI=1S/C14H17F3N2O/c15-14(16,17)11-3-1-2-10(8-11)13(20)12-9-18-4-6-19(12)7-5-18/h1-3,8,12-13,20H,4-7,9H2. The average Bonchev–Trinajstić information content (AvgIpc) is 2.47. The smallest absolute Gasteiger partial charge is 0.387 e. The average molecular weight is 286 g/mol. The lowest BCUT2D eigenvalue weighted by Crippen LogP contribution is -2.62. The van der Waals surface area contributed by atoms with Crippen LogP contribution in [-0.2, 0) is 6.18 Å². The second kappa shape index (κ2) is 5.02. The predicted molar refractivity (Wildman–Crippen MR) is 68.2 cm³/mol. The number of hydrogen-bond acceptors (Lipinski definition) is 3. The molecular formula is C14H17F3N2O. The highest BCUT2D eigenvalue weighted by atomic mass is 19.4. The first-order valence-corrected chi connectivity index (χ1v) is 6.77. The molecule has 2 unspecified atom stereocenters. The van der Waals surface area contributed by atoms with E-state index in [0.29, 0.717) is 5.56 Å². The molecule has 3 heterocycles. The molecule has 3 aliphatic rings. The summed E-state index contributed by atoms with van der Waals surface area (Å²) >= 11 is 0. The zero-order valence-electron chi connectivity index (χ0n) is 11.0. The van der Waals surface area contributed by atoms with Crippen LogP contribution >= 0.6 is 0 Å². The molecule has 3 aliphatic heterocycles. The fourth-order valence-corrected chi connectivity index (χ4v) is 3.08. The summed E-state index contributed by atoms with van der Waals surface area (Å²) in [6, 6.07) is 4.91. The molecule has 1 aromatic rings. The summed E-state index contributed by atoms with van der Waals surface area (Å²) < 4.78 is 38.2. The van der Waals surface area contributed by atoms with Crippen molar-refractivity contribution < 1.29 is 18.3 Å². The van der Waals surface area contributed by atoms with E-state index in [1.54, 1.807) is 6.07 Å². The van der Waals surface area contributed by atoms with Crippen molar-refractivity contribution in [1.29, 1.82) is 0 Å². The van der Waals surface area contributed by atoms with Crippen LogP contribution in [0.25, 0.3) is 0 Å². The van der Waals surface area contributed by atoms with Crippen molar-refractivity contribution in [2.45, 2.75) is 18.3 Å². The number of rotatable bonds is 2. The molecule has 0 amide bonds. The lowest BCUT2D eigenvalue weighted by molar-refractivity contribution is -0.137. The Hall–Kier alpha value is -1.11. The number of halogens is 3. The van der Waals surface area contributed by atoms with Crippen LogP contribution in [0.15, 0.2) is 24.3 Å². The molecule has 0 aromatic heterocycles. The van der Waals surface area contributed by atoms with E-state index in [1.165, 1.54) is 6.07 Å². The molecule has 3 saturated heterocycles. The van der Waals surface area contributed by atoms with E-state index in [4.69, 9.17) is 0 Å². The van der Waals surface area contributed by atoms with Crippen molar-refractivity contribution in [3.63, 3.8) is 0 Å². The minimum Gasteiger partial charge on any atom is -0.387 e. The Labute approximate surface area is 115 Å². The second-order valence-corrected chi connectivity index (χ2v) is 5.47. The Balaban J connectivity index is 1.82. The molecule has 20 heavy (non-hydrogen) atoms. The van der Waals surface area contributed by atoms with Crippen molar-refractivity contribution in [2.75, 3.05) is 32.7 Å². The lowest BCUT2D eigenvalue weighted by atomic mass is 9.95. The Morgan fingerprint density at radius 2 is 1.85 bits per heavy atom. The van der Waals surface area contributed by atoms with Crippen LogP contribution < -0.4 is 0 Å². The van der Waals surface area contributed by atoms with Gasteiger partial charge in [-0.15, -0.1) is 0 Å². The van der Waals surface area contributed by atoms with E-state index in [2.05, 4.69) is 9.80 Å². The van der Waals surface area contributed by atoms with Crippen molar-refractivity contribution in [3.8, 4) is 0 Å². The molecule has 4 rings (SSSR count). The molecule has 3 nitrogen and oxygen atoms in total. The minimum absolute atomic E-state index is 0.110. The van der Waals surface area contributed by atoms with Crippen molar-refractivity contribution >= 4 is 0 Å². The van der Waals surface area contributed by atoms with E-state index < -0.39 is 17.8 Å². The molecule has 3 fully saturated rings. The topological polar surface area (TPSA) is 26.7 Å². The third-order valence-corrected chi connectivity index (χ3v) is 4.24. The molecule has 1 aromatic carbocycles. The van der Waals surface area contributed by atoms with Gasteiger partial charge in [0, 0.05) is 32.7 Å². The Morgan fingerprint density at radius 3 is 2.40 bits per heavy atom. The number of benzene rings is 1. The van der Waals surface area contributed by atoms with Gasteiger partial charge in [0.1, 0.15) is 0 Å². The summed E-state index contributed by atoms with van der Waals surface area (Å²) in [5.74, 6) is 0. The zero-order chi connectivity index (χ0) is 14.3. The maximum Gasteiger partial charge on any atom is 0.416 e. The second-order valence-electron chi connectivity index (χ2n) is 5.47.